The molecule has 2 rings (SSSR count). The molecule has 4 nitrogen and oxygen atoms in total. The number of nitrogens with one attached hydrogen (secondary N) is 1. The first-order chi connectivity index (χ1) is 7.00. The van der Waals surface area contributed by atoms with Crippen molar-refractivity contribution in [3.8, 4) is 0 Å². The lowest BCUT2D eigenvalue weighted by Gasteiger charge is -2.14. The van der Waals surface area contributed by atoms with Gasteiger partial charge in [-0.1, -0.05) is 11.6 Å². The van der Waals surface area contributed by atoms with Crippen molar-refractivity contribution in [2.24, 2.45) is 0 Å². The molecule has 5 heteroatoms. The molecule has 15 heavy (non-hydrogen) atoms. The Labute approximate surface area is 92.3 Å². The van der Waals surface area contributed by atoms with E-state index in [1.54, 1.807) is 0 Å². The molecule has 1 aliphatic rings. The number of pyridine rings is 1. The fraction of sp³-hybridized carbons (Fsp3) is 0.400. The van der Waals surface area contributed by atoms with Crippen LogP contribution in [0.2, 0.25) is 5.15 Å². The van der Waals surface area contributed by atoms with E-state index in [0.29, 0.717) is 11.0 Å². The van der Waals surface area contributed by atoms with E-state index in [1.165, 1.54) is 12.1 Å². The molecule has 1 fully saturated rings. The minimum absolute atomic E-state index is 0.0120. The highest BCUT2D eigenvalue weighted by molar-refractivity contribution is 6.29. The molecule has 2 N–H and O–H groups in total. The fourth-order valence-electron chi connectivity index (χ4n) is 1.30. The average Bonchev–Trinajstić information content (AvgIpc) is 2.82. The van der Waals surface area contributed by atoms with Crippen LogP contribution in [0.5, 0.6) is 0 Å². The molecule has 0 saturated heterocycles. The van der Waals surface area contributed by atoms with Gasteiger partial charge in [-0.2, -0.15) is 0 Å². The second-order valence-electron chi connectivity index (χ2n) is 4.02. The van der Waals surface area contributed by atoms with Gasteiger partial charge < -0.3 is 10.4 Å². The number of carboxylic acid groups (broad SMARTS) is 1. The van der Waals surface area contributed by atoms with Gasteiger partial charge in [-0.05, 0) is 31.9 Å². The highest BCUT2D eigenvalue weighted by atomic mass is 35.5. The molecule has 0 radical (unpaired) electrons. The largest absolute Gasteiger partial charge is 0.478 e. The van der Waals surface area contributed by atoms with Crippen molar-refractivity contribution < 1.29 is 9.90 Å². The van der Waals surface area contributed by atoms with Crippen molar-refractivity contribution in [1.29, 1.82) is 0 Å². The number of rotatable bonds is 3. The van der Waals surface area contributed by atoms with Gasteiger partial charge in [0.25, 0.3) is 0 Å². The van der Waals surface area contributed by atoms with Gasteiger partial charge in [0, 0.05) is 5.54 Å². The lowest BCUT2D eigenvalue weighted by molar-refractivity contribution is 0.0697. The summed E-state index contributed by atoms with van der Waals surface area (Å²) in [7, 11) is 0. The molecule has 1 aromatic rings. The highest BCUT2D eigenvalue weighted by Crippen LogP contribution is 2.38. The van der Waals surface area contributed by atoms with Crippen LogP contribution in [0, 0.1) is 0 Å². The van der Waals surface area contributed by atoms with Gasteiger partial charge in [0.15, 0.2) is 0 Å². The third kappa shape index (κ3) is 2.21. The molecule has 1 heterocycles. The van der Waals surface area contributed by atoms with E-state index in [9.17, 15) is 4.79 Å². The number of halogens is 1. The van der Waals surface area contributed by atoms with E-state index < -0.39 is 5.97 Å². The van der Waals surface area contributed by atoms with Gasteiger partial charge in [-0.3, -0.25) is 0 Å². The van der Waals surface area contributed by atoms with E-state index in [1.807, 2.05) is 6.92 Å². The number of hydrogen-bond donors (Lipinski definition) is 2. The maximum absolute atomic E-state index is 10.9. The molecule has 0 aromatic carbocycles. The summed E-state index contributed by atoms with van der Waals surface area (Å²) in [4.78, 5) is 14.9. The monoisotopic (exact) mass is 226 g/mol. The lowest BCUT2D eigenvalue weighted by Crippen LogP contribution is -2.19. The van der Waals surface area contributed by atoms with Gasteiger partial charge in [0.2, 0.25) is 0 Å². The van der Waals surface area contributed by atoms with E-state index in [0.717, 1.165) is 12.8 Å². The van der Waals surface area contributed by atoms with Gasteiger partial charge in [-0.25, -0.2) is 9.78 Å². The molecule has 80 valence electrons. The van der Waals surface area contributed by atoms with Crippen LogP contribution in [0.1, 0.15) is 30.1 Å². The molecule has 0 unspecified atom stereocenters. The van der Waals surface area contributed by atoms with E-state index in [4.69, 9.17) is 16.7 Å². The predicted molar refractivity (Wildman–Crippen MR) is 57.5 cm³/mol. The summed E-state index contributed by atoms with van der Waals surface area (Å²) < 4.78 is 0. The van der Waals surface area contributed by atoms with Crippen molar-refractivity contribution in [2.75, 3.05) is 5.32 Å². The first-order valence-electron chi connectivity index (χ1n) is 4.68. The molecule has 1 aliphatic carbocycles. The molecule has 0 aliphatic heterocycles. The molecule has 0 amide bonds. The van der Waals surface area contributed by atoms with E-state index >= 15 is 0 Å². The Hall–Kier alpha value is -1.29. The number of nitrogens with zero attached hydrogens (tertiary/aromatic N) is 1. The zero-order chi connectivity index (χ0) is 11.1. The summed E-state index contributed by atoms with van der Waals surface area (Å²) in [5.41, 5.74) is 0.148. The number of aromatic nitrogens is 1. The van der Waals surface area contributed by atoms with Crippen LogP contribution in [-0.4, -0.2) is 21.6 Å². The quantitative estimate of drug-likeness (QED) is 0.777. The van der Waals surface area contributed by atoms with Crippen LogP contribution in [0.4, 0.5) is 5.82 Å². The summed E-state index contributed by atoms with van der Waals surface area (Å²) >= 11 is 5.73. The lowest BCUT2D eigenvalue weighted by atomic mass is 10.2. The second kappa shape index (κ2) is 3.38. The average molecular weight is 227 g/mol. The van der Waals surface area contributed by atoms with Crippen LogP contribution in [0.3, 0.4) is 0 Å². The fourth-order valence-corrected chi connectivity index (χ4v) is 1.45. The summed E-state index contributed by atoms with van der Waals surface area (Å²) in [6, 6.07) is 2.94. The van der Waals surface area contributed by atoms with Crippen molar-refractivity contribution in [3.63, 3.8) is 0 Å². The summed E-state index contributed by atoms with van der Waals surface area (Å²) in [5.74, 6) is -0.638. The molecular weight excluding hydrogens is 216 g/mol. The summed E-state index contributed by atoms with van der Waals surface area (Å²) in [6.45, 7) is 2.03. The molecule has 0 spiro atoms. The van der Waals surface area contributed by atoms with E-state index in [2.05, 4.69) is 10.3 Å². The van der Waals surface area contributed by atoms with Gasteiger partial charge in [-0.15, -0.1) is 0 Å². The number of carbonyl (C=O) groups is 1. The first-order valence-corrected chi connectivity index (χ1v) is 5.06. The van der Waals surface area contributed by atoms with Crippen LogP contribution >= 0.6 is 11.6 Å². The van der Waals surface area contributed by atoms with Gasteiger partial charge in [0.1, 0.15) is 16.5 Å². The standard InChI is InChI=1S/C10H11ClN2O2/c1-10(4-5-10)13-8-6(9(14)15)2-3-7(11)12-8/h2-3H,4-5H2,1H3,(H,12,13)(H,14,15). The Bertz CT molecular complexity index is 416. The number of carboxylic acids is 1. The van der Waals surface area contributed by atoms with Crippen LogP contribution in [0.25, 0.3) is 0 Å². The minimum Gasteiger partial charge on any atom is -0.478 e. The third-order valence-corrected chi connectivity index (χ3v) is 2.72. The van der Waals surface area contributed by atoms with Crippen molar-refractivity contribution in [1.82, 2.24) is 4.98 Å². The van der Waals surface area contributed by atoms with Crippen molar-refractivity contribution in [2.45, 2.75) is 25.3 Å². The summed E-state index contributed by atoms with van der Waals surface area (Å²) in [5, 5.41) is 12.4. The molecular formula is C10H11ClN2O2. The van der Waals surface area contributed by atoms with Gasteiger partial charge >= 0.3 is 5.97 Å². The Morgan fingerprint density at radius 2 is 2.27 bits per heavy atom. The molecule has 1 aromatic heterocycles. The molecule has 0 atom stereocenters. The third-order valence-electron chi connectivity index (χ3n) is 2.51. The topological polar surface area (TPSA) is 62.2 Å². The second-order valence-corrected chi connectivity index (χ2v) is 4.41. The summed E-state index contributed by atoms with van der Waals surface area (Å²) in [6.07, 6.45) is 2.06. The number of aromatic carboxylic acids is 1. The smallest absolute Gasteiger partial charge is 0.339 e. The zero-order valence-electron chi connectivity index (χ0n) is 8.25. The van der Waals surface area contributed by atoms with Crippen molar-refractivity contribution in [3.05, 3.63) is 22.8 Å². The van der Waals surface area contributed by atoms with E-state index in [-0.39, 0.29) is 11.1 Å². The maximum atomic E-state index is 10.9. The molecule has 0 bridgehead atoms. The zero-order valence-corrected chi connectivity index (χ0v) is 9.01. The Kier molecular flexibility index (Phi) is 2.31. The Morgan fingerprint density at radius 3 is 2.80 bits per heavy atom. The number of hydrogen-bond acceptors (Lipinski definition) is 3. The normalized spacial score (nSPS) is 17.2. The minimum atomic E-state index is -0.995. The Balaban J connectivity index is 2.34. The van der Waals surface area contributed by atoms with Gasteiger partial charge in [0.05, 0.1) is 0 Å². The number of anilines is 1. The Morgan fingerprint density at radius 1 is 1.60 bits per heavy atom. The van der Waals surface area contributed by atoms with Crippen LogP contribution in [0.15, 0.2) is 12.1 Å². The van der Waals surface area contributed by atoms with Crippen LogP contribution in [-0.2, 0) is 0 Å². The first kappa shape index (κ1) is 10.2. The van der Waals surface area contributed by atoms with Crippen molar-refractivity contribution >= 4 is 23.4 Å². The highest BCUT2D eigenvalue weighted by Gasteiger charge is 2.38. The molecule has 1 saturated carbocycles. The maximum Gasteiger partial charge on any atom is 0.339 e. The predicted octanol–water partition coefficient (Wildman–Crippen LogP) is 2.40. The van der Waals surface area contributed by atoms with Crippen LogP contribution < -0.4 is 5.32 Å². The SMILES string of the molecule is CC1(Nc2nc(Cl)ccc2C(=O)O)CC1.